The van der Waals surface area contributed by atoms with Crippen LogP contribution < -0.4 is 0 Å². The Morgan fingerprint density at radius 2 is 2.23 bits per heavy atom. The van der Waals surface area contributed by atoms with Crippen molar-refractivity contribution in [3.05, 3.63) is 29.6 Å². The van der Waals surface area contributed by atoms with E-state index in [9.17, 15) is 8.42 Å². The second-order valence-corrected chi connectivity index (χ2v) is 4.86. The van der Waals surface area contributed by atoms with Gasteiger partial charge >= 0.3 is 0 Å². The van der Waals surface area contributed by atoms with Crippen LogP contribution in [0.15, 0.2) is 23.5 Å². The lowest BCUT2D eigenvalue weighted by Crippen LogP contribution is -2.12. The monoisotopic (exact) mass is 196 g/mol. The first-order valence-electron chi connectivity index (χ1n) is 3.77. The highest BCUT2D eigenvalue weighted by Crippen LogP contribution is 2.19. The lowest BCUT2D eigenvalue weighted by atomic mass is 10.2. The maximum absolute atomic E-state index is 11.2. The number of aromatic nitrogens is 1. The fourth-order valence-electron chi connectivity index (χ4n) is 1.32. The summed E-state index contributed by atoms with van der Waals surface area (Å²) in [4.78, 5) is 7.87. The predicted molar refractivity (Wildman–Crippen MR) is 49.3 cm³/mol. The van der Waals surface area contributed by atoms with Crippen LogP contribution in [0.1, 0.15) is 11.1 Å². The molecule has 68 valence electrons. The van der Waals surface area contributed by atoms with E-state index in [-0.39, 0.29) is 5.04 Å². The van der Waals surface area contributed by atoms with E-state index in [1.54, 1.807) is 18.5 Å². The Morgan fingerprint density at radius 1 is 1.46 bits per heavy atom. The maximum atomic E-state index is 11.2. The van der Waals surface area contributed by atoms with E-state index in [1.807, 2.05) is 0 Å². The highest BCUT2D eigenvalue weighted by Gasteiger charge is 2.23. The van der Waals surface area contributed by atoms with E-state index in [1.165, 1.54) is 6.26 Å². The summed E-state index contributed by atoms with van der Waals surface area (Å²) in [6, 6.07) is 1.68. The van der Waals surface area contributed by atoms with Gasteiger partial charge in [0.05, 0.1) is 6.54 Å². The van der Waals surface area contributed by atoms with Crippen molar-refractivity contribution in [2.75, 3.05) is 6.26 Å². The molecule has 0 N–H and O–H groups in total. The van der Waals surface area contributed by atoms with E-state index >= 15 is 0 Å². The SMILES string of the molecule is CS(=O)(=O)C1=NCc2cnccc21. The smallest absolute Gasteiger partial charge is 0.192 e. The summed E-state index contributed by atoms with van der Waals surface area (Å²) in [5.74, 6) is 0. The molecular weight excluding hydrogens is 188 g/mol. The summed E-state index contributed by atoms with van der Waals surface area (Å²) in [7, 11) is -3.19. The lowest BCUT2D eigenvalue weighted by Gasteiger charge is -1.98. The molecule has 0 unspecified atom stereocenters. The molecule has 0 saturated carbocycles. The summed E-state index contributed by atoms with van der Waals surface area (Å²) in [5.41, 5.74) is 1.57. The number of hydrogen-bond acceptors (Lipinski definition) is 4. The minimum atomic E-state index is -3.19. The molecule has 0 amide bonds. The topological polar surface area (TPSA) is 59.4 Å². The molecule has 0 radical (unpaired) electrons. The third-order valence-corrected chi connectivity index (χ3v) is 2.93. The summed E-state index contributed by atoms with van der Waals surface area (Å²) >= 11 is 0. The fraction of sp³-hybridized carbons (Fsp3) is 0.250. The zero-order valence-corrected chi connectivity index (χ0v) is 7.87. The van der Waals surface area contributed by atoms with E-state index in [0.717, 1.165) is 5.56 Å². The molecule has 4 nitrogen and oxygen atoms in total. The number of pyridine rings is 1. The summed E-state index contributed by atoms with van der Waals surface area (Å²) < 4.78 is 22.5. The van der Waals surface area contributed by atoms with Crippen molar-refractivity contribution in [1.29, 1.82) is 0 Å². The number of rotatable bonds is 0. The van der Waals surface area contributed by atoms with Crippen LogP contribution in [0.5, 0.6) is 0 Å². The molecule has 0 spiro atoms. The normalized spacial score (nSPS) is 15.3. The van der Waals surface area contributed by atoms with Gasteiger partial charge in [0.25, 0.3) is 0 Å². The molecule has 2 rings (SSSR count). The molecule has 0 saturated heterocycles. The predicted octanol–water partition coefficient (Wildman–Crippen LogP) is 0.386. The maximum Gasteiger partial charge on any atom is 0.192 e. The van der Waals surface area contributed by atoms with Crippen molar-refractivity contribution in [1.82, 2.24) is 4.98 Å². The fourth-order valence-corrected chi connectivity index (χ4v) is 2.22. The van der Waals surface area contributed by atoms with Crippen molar-refractivity contribution < 1.29 is 8.42 Å². The third-order valence-electron chi connectivity index (χ3n) is 1.88. The van der Waals surface area contributed by atoms with Crippen molar-refractivity contribution >= 4 is 14.9 Å². The molecule has 0 bridgehead atoms. The average Bonchev–Trinajstić information content (AvgIpc) is 2.45. The van der Waals surface area contributed by atoms with Gasteiger partial charge in [0.1, 0.15) is 0 Å². The van der Waals surface area contributed by atoms with E-state index in [4.69, 9.17) is 0 Å². The molecular formula is C8H8N2O2S. The van der Waals surface area contributed by atoms with Crippen LogP contribution >= 0.6 is 0 Å². The van der Waals surface area contributed by atoms with Gasteiger partial charge in [-0.05, 0) is 6.07 Å². The van der Waals surface area contributed by atoms with Gasteiger partial charge in [0.2, 0.25) is 0 Å². The molecule has 2 heterocycles. The van der Waals surface area contributed by atoms with E-state index < -0.39 is 9.84 Å². The van der Waals surface area contributed by atoms with Crippen molar-refractivity contribution in [2.45, 2.75) is 6.54 Å². The summed E-state index contributed by atoms with van der Waals surface area (Å²) in [6.45, 7) is 0.422. The van der Waals surface area contributed by atoms with Crippen LogP contribution in [0.3, 0.4) is 0 Å². The van der Waals surface area contributed by atoms with E-state index in [2.05, 4.69) is 9.98 Å². The quantitative estimate of drug-likeness (QED) is 0.603. The number of hydrogen-bond donors (Lipinski definition) is 0. The highest BCUT2D eigenvalue weighted by molar-refractivity contribution is 8.06. The molecule has 0 aromatic carbocycles. The van der Waals surface area contributed by atoms with Gasteiger partial charge in [-0.2, -0.15) is 0 Å². The van der Waals surface area contributed by atoms with Gasteiger partial charge in [-0.3, -0.25) is 9.98 Å². The van der Waals surface area contributed by atoms with Crippen LogP contribution in [0.25, 0.3) is 0 Å². The molecule has 0 fully saturated rings. The Morgan fingerprint density at radius 3 is 2.92 bits per heavy atom. The first kappa shape index (κ1) is 8.37. The van der Waals surface area contributed by atoms with Gasteiger partial charge in [-0.25, -0.2) is 8.42 Å². The Balaban J connectivity index is 2.60. The largest absolute Gasteiger partial charge is 0.268 e. The molecule has 1 aromatic heterocycles. The first-order valence-corrected chi connectivity index (χ1v) is 5.66. The average molecular weight is 196 g/mol. The molecule has 5 heteroatoms. The number of fused-ring (bicyclic) bond motifs is 1. The zero-order valence-electron chi connectivity index (χ0n) is 7.06. The second kappa shape index (κ2) is 2.63. The number of nitrogens with zero attached hydrogens (tertiary/aromatic N) is 2. The first-order chi connectivity index (χ1) is 6.09. The van der Waals surface area contributed by atoms with Crippen LogP contribution in [-0.2, 0) is 16.4 Å². The molecule has 0 aliphatic carbocycles. The highest BCUT2D eigenvalue weighted by atomic mass is 32.2. The van der Waals surface area contributed by atoms with E-state index in [0.29, 0.717) is 12.1 Å². The van der Waals surface area contributed by atoms with Crippen LogP contribution in [0.2, 0.25) is 0 Å². The lowest BCUT2D eigenvalue weighted by molar-refractivity contribution is 0.612. The zero-order chi connectivity index (χ0) is 9.47. The minimum absolute atomic E-state index is 0.185. The Hall–Kier alpha value is -1.23. The van der Waals surface area contributed by atoms with Crippen molar-refractivity contribution in [2.24, 2.45) is 4.99 Å². The standard InChI is InChI=1S/C8H8N2O2S/c1-13(11,12)8-7-2-3-9-4-6(7)5-10-8/h2-4H,5H2,1H3. The van der Waals surface area contributed by atoms with Crippen molar-refractivity contribution in [3.8, 4) is 0 Å². The van der Waals surface area contributed by atoms with Gasteiger partial charge in [0.15, 0.2) is 14.9 Å². The molecule has 0 atom stereocenters. The number of aliphatic imine (C=N–C) groups is 1. The molecule has 1 aliphatic heterocycles. The Labute approximate surface area is 76.3 Å². The van der Waals surface area contributed by atoms with Gasteiger partial charge in [-0.15, -0.1) is 0 Å². The Kier molecular flexibility index (Phi) is 1.69. The molecule has 13 heavy (non-hydrogen) atoms. The molecule has 1 aromatic rings. The van der Waals surface area contributed by atoms with Crippen LogP contribution in [0.4, 0.5) is 0 Å². The second-order valence-electron chi connectivity index (χ2n) is 2.93. The minimum Gasteiger partial charge on any atom is -0.268 e. The summed E-state index contributed by atoms with van der Waals surface area (Å²) in [5, 5.41) is 0.185. The Bertz CT molecular complexity index is 477. The van der Waals surface area contributed by atoms with Gasteiger partial charge in [-0.1, -0.05) is 0 Å². The molecule has 1 aliphatic rings. The van der Waals surface area contributed by atoms with Crippen molar-refractivity contribution in [3.63, 3.8) is 0 Å². The number of sulfone groups is 1. The third kappa shape index (κ3) is 1.35. The van der Waals surface area contributed by atoms with Gasteiger partial charge < -0.3 is 0 Å². The van der Waals surface area contributed by atoms with Crippen LogP contribution in [0, 0.1) is 0 Å². The summed E-state index contributed by atoms with van der Waals surface area (Å²) in [6.07, 6.45) is 4.39. The van der Waals surface area contributed by atoms with Crippen LogP contribution in [-0.4, -0.2) is 24.7 Å². The van der Waals surface area contributed by atoms with Gasteiger partial charge in [0, 0.05) is 29.8 Å².